The van der Waals surface area contributed by atoms with Crippen molar-refractivity contribution in [1.29, 1.82) is 0 Å². The van der Waals surface area contributed by atoms with Crippen LogP contribution in [0.1, 0.15) is 42.6 Å². The number of aliphatic hydroxyl groups is 1. The third-order valence-corrected chi connectivity index (χ3v) is 4.62. The van der Waals surface area contributed by atoms with Crippen molar-refractivity contribution in [3.63, 3.8) is 0 Å². The summed E-state index contributed by atoms with van der Waals surface area (Å²) >= 11 is 9.35. The van der Waals surface area contributed by atoms with Crippen LogP contribution < -0.4 is 0 Å². The molecule has 2 aromatic rings. The highest BCUT2D eigenvalue weighted by molar-refractivity contribution is 9.10. The van der Waals surface area contributed by atoms with E-state index in [0.717, 1.165) is 15.6 Å². The number of halogens is 2. The summed E-state index contributed by atoms with van der Waals surface area (Å²) in [6.07, 6.45) is 0.0837. The van der Waals surface area contributed by atoms with Crippen LogP contribution in [0.15, 0.2) is 46.9 Å². The molecule has 0 spiro atoms. The summed E-state index contributed by atoms with van der Waals surface area (Å²) in [4.78, 5) is 0. The van der Waals surface area contributed by atoms with Crippen molar-refractivity contribution in [3.8, 4) is 0 Å². The maximum atomic E-state index is 10.3. The topological polar surface area (TPSA) is 20.2 Å². The fourth-order valence-corrected chi connectivity index (χ4v) is 2.61. The van der Waals surface area contributed by atoms with Crippen LogP contribution in [-0.4, -0.2) is 5.11 Å². The summed E-state index contributed by atoms with van der Waals surface area (Å²) in [5.74, 6) is 0.529. The first-order valence-corrected chi connectivity index (χ1v) is 7.86. The zero-order valence-electron chi connectivity index (χ0n) is 11.6. The highest BCUT2D eigenvalue weighted by atomic mass is 79.9. The SMILES string of the molecule is CC(C)c1ccc(CC(O)c2ccc(Cl)c(Br)c2)cc1. The van der Waals surface area contributed by atoms with Gasteiger partial charge in [0, 0.05) is 10.9 Å². The Hall–Kier alpha value is -0.830. The van der Waals surface area contributed by atoms with E-state index in [1.807, 2.05) is 12.1 Å². The monoisotopic (exact) mass is 352 g/mol. The number of aliphatic hydroxyl groups excluding tert-OH is 1. The van der Waals surface area contributed by atoms with Crippen LogP contribution >= 0.6 is 27.5 Å². The van der Waals surface area contributed by atoms with Crippen LogP contribution in [0.25, 0.3) is 0 Å². The molecule has 0 amide bonds. The Labute approximate surface area is 133 Å². The van der Waals surface area contributed by atoms with Crippen molar-refractivity contribution in [1.82, 2.24) is 0 Å². The molecule has 0 aliphatic rings. The van der Waals surface area contributed by atoms with E-state index in [-0.39, 0.29) is 0 Å². The van der Waals surface area contributed by atoms with E-state index < -0.39 is 6.10 Å². The highest BCUT2D eigenvalue weighted by Gasteiger charge is 2.10. The van der Waals surface area contributed by atoms with Crippen LogP contribution in [0, 0.1) is 0 Å². The molecule has 0 saturated carbocycles. The van der Waals surface area contributed by atoms with Crippen LogP contribution in [0.4, 0.5) is 0 Å². The van der Waals surface area contributed by atoms with Gasteiger partial charge in [-0.1, -0.05) is 55.8 Å². The molecule has 1 atom stereocenters. The van der Waals surface area contributed by atoms with Gasteiger partial charge < -0.3 is 5.11 Å². The third-order valence-electron chi connectivity index (χ3n) is 3.40. The maximum absolute atomic E-state index is 10.3. The Morgan fingerprint density at radius 2 is 1.65 bits per heavy atom. The number of hydrogen-bond donors (Lipinski definition) is 1. The molecule has 3 heteroatoms. The fourth-order valence-electron chi connectivity index (χ4n) is 2.10. The Morgan fingerprint density at radius 1 is 1.05 bits per heavy atom. The molecule has 0 saturated heterocycles. The van der Waals surface area contributed by atoms with Crippen molar-refractivity contribution < 1.29 is 5.11 Å². The lowest BCUT2D eigenvalue weighted by Gasteiger charge is -2.13. The van der Waals surface area contributed by atoms with Crippen molar-refractivity contribution >= 4 is 27.5 Å². The van der Waals surface area contributed by atoms with Gasteiger partial charge in [-0.3, -0.25) is 0 Å². The Balaban J connectivity index is 2.10. The van der Waals surface area contributed by atoms with Crippen LogP contribution in [0.2, 0.25) is 5.02 Å². The molecule has 2 aromatic carbocycles. The molecule has 20 heavy (non-hydrogen) atoms. The van der Waals surface area contributed by atoms with E-state index in [1.54, 1.807) is 6.07 Å². The average Bonchev–Trinajstić information content (AvgIpc) is 2.42. The predicted octanol–water partition coefficient (Wildman–Crippen LogP) is 5.50. The first kappa shape index (κ1) is 15.6. The molecule has 1 nitrogen and oxygen atoms in total. The number of hydrogen-bond acceptors (Lipinski definition) is 1. The van der Waals surface area contributed by atoms with Crippen molar-refractivity contribution in [2.75, 3.05) is 0 Å². The van der Waals surface area contributed by atoms with Gasteiger partial charge >= 0.3 is 0 Å². The van der Waals surface area contributed by atoms with Gasteiger partial charge in [-0.15, -0.1) is 0 Å². The summed E-state index contributed by atoms with van der Waals surface area (Å²) in [6, 6.07) is 14.0. The van der Waals surface area contributed by atoms with Crippen LogP contribution in [-0.2, 0) is 6.42 Å². The quantitative estimate of drug-likeness (QED) is 0.769. The normalized spacial score (nSPS) is 12.7. The Bertz CT molecular complexity index is 578. The van der Waals surface area contributed by atoms with E-state index in [4.69, 9.17) is 11.6 Å². The Kier molecular flexibility index (Phi) is 5.25. The molecule has 0 radical (unpaired) electrons. The second kappa shape index (κ2) is 6.75. The van der Waals surface area contributed by atoms with Crippen LogP contribution in [0.3, 0.4) is 0 Å². The second-order valence-electron chi connectivity index (χ2n) is 5.29. The minimum Gasteiger partial charge on any atom is -0.388 e. The van der Waals surface area contributed by atoms with Crippen molar-refractivity contribution in [3.05, 3.63) is 68.7 Å². The molecular weight excluding hydrogens is 336 g/mol. The van der Waals surface area contributed by atoms with Gasteiger partial charge in [0.15, 0.2) is 0 Å². The number of benzene rings is 2. The first-order valence-electron chi connectivity index (χ1n) is 6.69. The number of rotatable bonds is 4. The molecule has 1 N–H and O–H groups in total. The molecule has 0 aromatic heterocycles. The summed E-state index contributed by atoms with van der Waals surface area (Å²) < 4.78 is 0.811. The third kappa shape index (κ3) is 3.85. The fraction of sp³-hybridized carbons (Fsp3) is 0.294. The standard InChI is InChI=1S/C17H18BrClO/c1-11(2)13-5-3-12(4-6-13)9-17(20)14-7-8-16(19)15(18)10-14/h3-8,10-11,17,20H,9H2,1-2H3. The molecule has 1 unspecified atom stereocenters. The smallest absolute Gasteiger partial charge is 0.0830 e. The first-order chi connectivity index (χ1) is 9.47. The minimum absolute atomic E-state index is 0.520. The van der Waals surface area contributed by atoms with E-state index >= 15 is 0 Å². The summed E-state index contributed by atoms with van der Waals surface area (Å²) in [7, 11) is 0. The second-order valence-corrected chi connectivity index (χ2v) is 6.55. The van der Waals surface area contributed by atoms with Gasteiger partial charge in [0.05, 0.1) is 11.1 Å². The zero-order chi connectivity index (χ0) is 14.7. The molecule has 0 aliphatic heterocycles. The van der Waals surface area contributed by atoms with Gasteiger partial charge in [0.2, 0.25) is 0 Å². The molecule has 0 aliphatic carbocycles. The Morgan fingerprint density at radius 3 is 2.20 bits per heavy atom. The van der Waals surface area contributed by atoms with E-state index in [2.05, 4.69) is 54.0 Å². The van der Waals surface area contributed by atoms with E-state index in [1.165, 1.54) is 5.56 Å². The van der Waals surface area contributed by atoms with Gasteiger partial charge in [-0.2, -0.15) is 0 Å². The van der Waals surface area contributed by atoms with Crippen molar-refractivity contribution in [2.24, 2.45) is 0 Å². The summed E-state index contributed by atoms with van der Waals surface area (Å²) in [6.45, 7) is 4.35. The molecular formula is C17H18BrClO. The average molecular weight is 354 g/mol. The molecule has 0 heterocycles. The van der Waals surface area contributed by atoms with E-state index in [9.17, 15) is 5.11 Å². The van der Waals surface area contributed by atoms with Crippen LogP contribution in [0.5, 0.6) is 0 Å². The largest absolute Gasteiger partial charge is 0.388 e. The summed E-state index contributed by atoms with van der Waals surface area (Å²) in [5, 5.41) is 11.0. The summed E-state index contributed by atoms with van der Waals surface area (Å²) in [5.41, 5.74) is 3.32. The molecule has 0 fully saturated rings. The lowest BCUT2D eigenvalue weighted by atomic mass is 9.97. The van der Waals surface area contributed by atoms with Gasteiger partial charge in [0.25, 0.3) is 0 Å². The highest BCUT2D eigenvalue weighted by Crippen LogP contribution is 2.27. The minimum atomic E-state index is -0.520. The molecule has 2 rings (SSSR count). The molecule has 106 valence electrons. The zero-order valence-corrected chi connectivity index (χ0v) is 13.9. The maximum Gasteiger partial charge on any atom is 0.0830 e. The lowest BCUT2D eigenvalue weighted by molar-refractivity contribution is 0.178. The molecule has 0 bridgehead atoms. The van der Waals surface area contributed by atoms with E-state index in [0.29, 0.717) is 17.4 Å². The lowest BCUT2D eigenvalue weighted by Crippen LogP contribution is -2.02. The van der Waals surface area contributed by atoms with Gasteiger partial charge in [-0.25, -0.2) is 0 Å². The van der Waals surface area contributed by atoms with Gasteiger partial charge in [0.1, 0.15) is 0 Å². The van der Waals surface area contributed by atoms with Crippen molar-refractivity contribution in [2.45, 2.75) is 32.3 Å². The predicted molar refractivity (Wildman–Crippen MR) is 88.3 cm³/mol. The van der Waals surface area contributed by atoms with Gasteiger partial charge in [-0.05, 0) is 50.7 Å².